The van der Waals surface area contributed by atoms with Crippen molar-refractivity contribution in [2.24, 2.45) is 5.92 Å². The zero-order valence-electron chi connectivity index (χ0n) is 13.7. The molecule has 0 unspecified atom stereocenters. The number of amides is 1. The maximum absolute atomic E-state index is 12.1. The molecule has 2 N–H and O–H groups in total. The number of sulfonamides is 1. The third-order valence-corrected chi connectivity index (χ3v) is 5.89. The van der Waals surface area contributed by atoms with E-state index in [4.69, 9.17) is 0 Å². The molecule has 1 fully saturated rings. The minimum atomic E-state index is -3.47. The van der Waals surface area contributed by atoms with Crippen molar-refractivity contribution in [1.29, 1.82) is 0 Å². The van der Waals surface area contributed by atoms with Gasteiger partial charge in [0.05, 0.1) is 4.90 Å². The molecular weight excluding hydrogens is 312 g/mol. The zero-order chi connectivity index (χ0) is 16.7. The number of nitrogens with one attached hydrogen (secondary N) is 2. The minimum Gasteiger partial charge on any atom is -0.352 e. The molecule has 0 aliphatic heterocycles. The van der Waals surface area contributed by atoms with E-state index in [2.05, 4.69) is 10.0 Å². The Morgan fingerprint density at radius 3 is 2.39 bits per heavy atom. The Bertz CT molecular complexity index is 605. The van der Waals surface area contributed by atoms with E-state index in [1.807, 2.05) is 0 Å². The van der Waals surface area contributed by atoms with E-state index in [1.54, 1.807) is 19.1 Å². The van der Waals surface area contributed by atoms with Gasteiger partial charge in [0.1, 0.15) is 0 Å². The van der Waals surface area contributed by atoms with E-state index in [-0.39, 0.29) is 10.8 Å². The van der Waals surface area contributed by atoms with E-state index in [1.165, 1.54) is 44.2 Å². The average molecular weight is 338 g/mol. The first-order chi connectivity index (χ1) is 11.0. The molecule has 6 heteroatoms. The van der Waals surface area contributed by atoms with Gasteiger partial charge in [0.25, 0.3) is 5.91 Å². The Balaban J connectivity index is 1.85. The Morgan fingerprint density at radius 1 is 1.13 bits per heavy atom. The SMILES string of the molecule is CCNS(=O)(=O)c1ccc(C(=O)NCCC2CCCCC2)cc1. The van der Waals surface area contributed by atoms with Gasteiger partial charge in [-0.2, -0.15) is 0 Å². The molecular formula is C17H26N2O3S. The standard InChI is InChI=1S/C17H26N2O3S/c1-2-19-23(21,22)16-10-8-15(9-11-16)17(20)18-13-12-14-6-4-3-5-7-14/h8-11,14,19H,2-7,12-13H2,1H3,(H,18,20). The largest absolute Gasteiger partial charge is 0.352 e. The Hall–Kier alpha value is -1.40. The lowest BCUT2D eigenvalue weighted by Crippen LogP contribution is -2.27. The summed E-state index contributed by atoms with van der Waals surface area (Å²) in [5, 5.41) is 2.93. The predicted molar refractivity (Wildman–Crippen MR) is 90.8 cm³/mol. The second kappa shape index (κ2) is 8.45. The zero-order valence-corrected chi connectivity index (χ0v) is 14.5. The molecule has 23 heavy (non-hydrogen) atoms. The lowest BCUT2D eigenvalue weighted by Gasteiger charge is -2.21. The quantitative estimate of drug-likeness (QED) is 0.802. The lowest BCUT2D eigenvalue weighted by molar-refractivity contribution is 0.0950. The van der Waals surface area contributed by atoms with E-state index in [9.17, 15) is 13.2 Å². The third-order valence-electron chi connectivity index (χ3n) is 4.32. The van der Waals surface area contributed by atoms with Gasteiger partial charge >= 0.3 is 0 Å². The molecule has 1 aromatic carbocycles. The number of hydrogen-bond donors (Lipinski definition) is 2. The molecule has 0 radical (unpaired) electrons. The number of rotatable bonds is 7. The van der Waals surface area contributed by atoms with Crippen LogP contribution < -0.4 is 10.0 Å². The highest BCUT2D eigenvalue weighted by molar-refractivity contribution is 7.89. The van der Waals surface area contributed by atoms with Gasteiger partial charge in [-0.3, -0.25) is 4.79 Å². The molecule has 0 spiro atoms. The van der Waals surface area contributed by atoms with Crippen LogP contribution in [0.2, 0.25) is 0 Å². The first-order valence-electron chi connectivity index (χ1n) is 8.41. The Kier molecular flexibility index (Phi) is 6.59. The molecule has 1 aliphatic rings. The summed E-state index contributed by atoms with van der Waals surface area (Å²) < 4.78 is 26.1. The summed E-state index contributed by atoms with van der Waals surface area (Å²) in [5.41, 5.74) is 0.490. The first-order valence-corrected chi connectivity index (χ1v) is 9.89. The molecule has 2 rings (SSSR count). The summed E-state index contributed by atoms with van der Waals surface area (Å²) in [4.78, 5) is 12.3. The van der Waals surface area contributed by atoms with E-state index in [0.29, 0.717) is 18.7 Å². The van der Waals surface area contributed by atoms with Crippen molar-refractivity contribution in [3.8, 4) is 0 Å². The second-order valence-electron chi connectivity index (χ2n) is 6.07. The van der Waals surface area contributed by atoms with Gasteiger partial charge in [-0.05, 0) is 36.6 Å². The monoisotopic (exact) mass is 338 g/mol. The van der Waals surface area contributed by atoms with E-state index < -0.39 is 10.0 Å². The molecule has 0 bridgehead atoms. The molecule has 0 aromatic heterocycles. The van der Waals surface area contributed by atoms with Gasteiger partial charge in [0.2, 0.25) is 10.0 Å². The van der Waals surface area contributed by atoms with Crippen molar-refractivity contribution in [3.63, 3.8) is 0 Å². The van der Waals surface area contributed by atoms with Crippen molar-refractivity contribution in [2.45, 2.75) is 50.3 Å². The van der Waals surface area contributed by atoms with Gasteiger partial charge in [-0.1, -0.05) is 39.0 Å². The van der Waals surface area contributed by atoms with Crippen molar-refractivity contribution in [3.05, 3.63) is 29.8 Å². The van der Waals surface area contributed by atoms with Gasteiger partial charge in [0.15, 0.2) is 0 Å². The fraction of sp³-hybridized carbons (Fsp3) is 0.588. The Morgan fingerprint density at radius 2 is 1.78 bits per heavy atom. The van der Waals surface area contributed by atoms with Crippen LogP contribution in [0.4, 0.5) is 0 Å². The fourth-order valence-electron chi connectivity index (χ4n) is 3.03. The minimum absolute atomic E-state index is 0.145. The number of carbonyl (C=O) groups excluding carboxylic acids is 1. The van der Waals surface area contributed by atoms with Crippen molar-refractivity contribution < 1.29 is 13.2 Å². The fourth-order valence-corrected chi connectivity index (χ4v) is 4.07. The molecule has 128 valence electrons. The normalized spacial score (nSPS) is 16.2. The van der Waals surface area contributed by atoms with Crippen molar-refractivity contribution >= 4 is 15.9 Å². The molecule has 5 nitrogen and oxygen atoms in total. The van der Waals surface area contributed by atoms with Crippen LogP contribution in [-0.4, -0.2) is 27.4 Å². The number of benzene rings is 1. The van der Waals surface area contributed by atoms with E-state index in [0.717, 1.165) is 12.3 Å². The maximum Gasteiger partial charge on any atom is 0.251 e. The summed E-state index contributed by atoms with van der Waals surface area (Å²) in [6.07, 6.45) is 7.52. The van der Waals surface area contributed by atoms with Crippen LogP contribution in [0.15, 0.2) is 29.2 Å². The van der Waals surface area contributed by atoms with Crippen LogP contribution in [0.5, 0.6) is 0 Å². The highest BCUT2D eigenvalue weighted by Crippen LogP contribution is 2.25. The van der Waals surface area contributed by atoms with Gasteiger partial charge in [0, 0.05) is 18.7 Å². The smallest absolute Gasteiger partial charge is 0.251 e. The molecule has 1 amide bonds. The van der Waals surface area contributed by atoms with Crippen molar-refractivity contribution in [1.82, 2.24) is 10.0 Å². The van der Waals surface area contributed by atoms with Crippen LogP contribution in [0, 0.1) is 5.92 Å². The van der Waals surface area contributed by atoms with Crippen LogP contribution in [0.25, 0.3) is 0 Å². The summed E-state index contributed by atoms with van der Waals surface area (Å²) in [6, 6.07) is 6.04. The average Bonchev–Trinajstić information content (AvgIpc) is 2.56. The topological polar surface area (TPSA) is 75.3 Å². The number of hydrogen-bond acceptors (Lipinski definition) is 3. The van der Waals surface area contributed by atoms with Crippen LogP contribution >= 0.6 is 0 Å². The molecule has 1 aromatic rings. The van der Waals surface area contributed by atoms with E-state index >= 15 is 0 Å². The second-order valence-corrected chi connectivity index (χ2v) is 7.84. The predicted octanol–water partition coefficient (Wildman–Crippen LogP) is 2.69. The van der Waals surface area contributed by atoms with Crippen LogP contribution in [0.3, 0.4) is 0 Å². The van der Waals surface area contributed by atoms with Crippen LogP contribution in [-0.2, 0) is 10.0 Å². The Labute approximate surface area is 138 Å². The molecule has 1 saturated carbocycles. The molecule has 0 atom stereocenters. The molecule has 0 heterocycles. The molecule has 0 saturated heterocycles. The van der Waals surface area contributed by atoms with Gasteiger partial charge in [-0.25, -0.2) is 13.1 Å². The van der Waals surface area contributed by atoms with Crippen molar-refractivity contribution in [2.75, 3.05) is 13.1 Å². The highest BCUT2D eigenvalue weighted by atomic mass is 32.2. The highest BCUT2D eigenvalue weighted by Gasteiger charge is 2.15. The third kappa shape index (κ3) is 5.32. The number of carbonyl (C=O) groups is 1. The first kappa shape index (κ1) is 17.9. The van der Waals surface area contributed by atoms with Gasteiger partial charge < -0.3 is 5.32 Å². The lowest BCUT2D eigenvalue weighted by atomic mass is 9.87. The summed E-state index contributed by atoms with van der Waals surface area (Å²) in [7, 11) is -3.47. The summed E-state index contributed by atoms with van der Waals surface area (Å²) in [5.74, 6) is 0.588. The maximum atomic E-state index is 12.1. The summed E-state index contributed by atoms with van der Waals surface area (Å²) in [6.45, 7) is 2.75. The molecule has 1 aliphatic carbocycles. The van der Waals surface area contributed by atoms with Gasteiger partial charge in [-0.15, -0.1) is 0 Å². The summed E-state index contributed by atoms with van der Waals surface area (Å²) >= 11 is 0. The van der Waals surface area contributed by atoms with Crippen LogP contribution in [0.1, 0.15) is 55.8 Å².